The molecule has 0 spiro atoms. The molecule has 5 nitrogen and oxygen atoms in total. The highest BCUT2D eigenvalue weighted by molar-refractivity contribution is 6.08. The number of carbonyl (C=O) groups excluding carboxylic acids is 1. The van der Waals surface area contributed by atoms with Gasteiger partial charge in [0, 0.05) is 10.9 Å². The Kier molecular flexibility index (Phi) is 5.36. The summed E-state index contributed by atoms with van der Waals surface area (Å²) in [5.74, 6) is -0.0993. The third kappa shape index (κ3) is 3.52. The predicted octanol–water partition coefficient (Wildman–Crippen LogP) is 3.63. The third-order valence-corrected chi connectivity index (χ3v) is 4.58. The van der Waals surface area contributed by atoms with Gasteiger partial charge in [0.15, 0.2) is 0 Å². The van der Waals surface area contributed by atoms with E-state index in [1.165, 1.54) is 0 Å². The zero-order valence-electron chi connectivity index (χ0n) is 13.8. The van der Waals surface area contributed by atoms with Gasteiger partial charge in [-0.15, -0.1) is 12.4 Å². The quantitative estimate of drug-likeness (QED) is 0.753. The Hall–Kier alpha value is -2.37. The Morgan fingerprint density at radius 1 is 1.08 bits per heavy atom. The number of carbonyl (C=O) groups is 1. The summed E-state index contributed by atoms with van der Waals surface area (Å²) >= 11 is 0. The second-order valence-corrected chi connectivity index (χ2v) is 6.13. The van der Waals surface area contributed by atoms with E-state index in [2.05, 4.69) is 26.5 Å². The summed E-state index contributed by atoms with van der Waals surface area (Å²) in [7, 11) is 0. The first kappa shape index (κ1) is 17.5. The number of amides is 1. The highest BCUT2D eigenvalue weighted by Gasteiger charge is 2.19. The van der Waals surface area contributed by atoms with E-state index in [9.17, 15) is 4.79 Å². The van der Waals surface area contributed by atoms with Crippen molar-refractivity contribution in [3.05, 3.63) is 60.3 Å². The van der Waals surface area contributed by atoms with Crippen LogP contribution in [0.25, 0.3) is 10.9 Å². The van der Waals surface area contributed by atoms with Crippen LogP contribution >= 0.6 is 12.4 Å². The average molecular weight is 357 g/mol. The summed E-state index contributed by atoms with van der Waals surface area (Å²) < 4.78 is 2.11. The van der Waals surface area contributed by atoms with Crippen LogP contribution in [0.5, 0.6) is 0 Å². The fourth-order valence-corrected chi connectivity index (χ4v) is 3.31. The highest BCUT2D eigenvalue weighted by Crippen LogP contribution is 2.28. The number of hydrogen-bond donors (Lipinski definition) is 2. The van der Waals surface area contributed by atoms with Crippen molar-refractivity contribution in [1.82, 2.24) is 15.1 Å². The van der Waals surface area contributed by atoms with Crippen molar-refractivity contribution in [1.29, 1.82) is 0 Å². The number of fused-ring (bicyclic) bond motifs is 1. The Morgan fingerprint density at radius 3 is 2.60 bits per heavy atom. The molecule has 130 valence electrons. The van der Waals surface area contributed by atoms with Crippen LogP contribution < -0.4 is 10.6 Å². The van der Waals surface area contributed by atoms with Gasteiger partial charge in [-0.25, -0.2) is 0 Å². The number of hydrogen-bond acceptors (Lipinski definition) is 3. The lowest BCUT2D eigenvalue weighted by Crippen LogP contribution is -2.29. The number of nitrogens with zero attached hydrogens (tertiary/aromatic N) is 2. The van der Waals surface area contributed by atoms with Gasteiger partial charge in [0.05, 0.1) is 23.4 Å². The molecule has 0 radical (unpaired) electrons. The van der Waals surface area contributed by atoms with Gasteiger partial charge in [0.1, 0.15) is 0 Å². The molecule has 1 aromatic heterocycles. The molecule has 0 saturated carbocycles. The molecule has 1 fully saturated rings. The Morgan fingerprint density at radius 2 is 1.84 bits per heavy atom. The molecule has 0 atom stereocenters. The minimum Gasteiger partial charge on any atom is -0.321 e. The molecule has 0 unspecified atom stereocenters. The zero-order chi connectivity index (χ0) is 16.4. The fraction of sp³-hybridized carbons (Fsp3) is 0.263. The lowest BCUT2D eigenvalue weighted by atomic mass is 10.1. The SMILES string of the molecule is Cl.O=C(Nc1cccc2c1cnn2C1CCNCC1)c1ccccc1. The molecule has 3 aromatic rings. The van der Waals surface area contributed by atoms with Crippen molar-refractivity contribution in [3.63, 3.8) is 0 Å². The lowest BCUT2D eigenvalue weighted by Gasteiger charge is -2.23. The normalized spacial score (nSPS) is 14.9. The monoisotopic (exact) mass is 356 g/mol. The minimum atomic E-state index is -0.0993. The van der Waals surface area contributed by atoms with E-state index in [-0.39, 0.29) is 18.3 Å². The Labute approximate surface area is 152 Å². The van der Waals surface area contributed by atoms with Crippen molar-refractivity contribution >= 4 is 34.9 Å². The predicted molar refractivity (Wildman–Crippen MR) is 103 cm³/mol. The first-order valence-corrected chi connectivity index (χ1v) is 8.36. The number of halogens is 1. The molecular weight excluding hydrogens is 336 g/mol. The van der Waals surface area contributed by atoms with Gasteiger partial charge < -0.3 is 10.6 Å². The largest absolute Gasteiger partial charge is 0.321 e. The summed E-state index contributed by atoms with van der Waals surface area (Å²) in [6.45, 7) is 2.05. The van der Waals surface area contributed by atoms with Crippen LogP contribution in [0.3, 0.4) is 0 Å². The summed E-state index contributed by atoms with van der Waals surface area (Å²) in [6.07, 6.45) is 4.02. The van der Waals surface area contributed by atoms with E-state index in [0.717, 1.165) is 42.5 Å². The molecule has 1 amide bonds. The van der Waals surface area contributed by atoms with Crippen molar-refractivity contribution in [2.75, 3.05) is 18.4 Å². The van der Waals surface area contributed by atoms with Crippen LogP contribution in [-0.4, -0.2) is 28.8 Å². The van der Waals surface area contributed by atoms with Crippen molar-refractivity contribution in [2.24, 2.45) is 0 Å². The topological polar surface area (TPSA) is 59.0 Å². The maximum Gasteiger partial charge on any atom is 0.255 e. The van der Waals surface area contributed by atoms with Gasteiger partial charge in [0.25, 0.3) is 5.91 Å². The van der Waals surface area contributed by atoms with Crippen LogP contribution in [0.1, 0.15) is 29.2 Å². The molecule has 2 heterocycles. The maximum absolute atomic E-state index is 12.4. The van der Waals surface area contributed by atoms with E-state index in [4.69, 9.17) is 0 Å². The third-order valence-electron chi connectivity index (χ3n) is 4.58. The van der Waals surface area contributed by atoms with Crippen LogP contribution in [-0.2, 0) is 0 Å². The number of rotatable bonds is 3. The Bertz CT molecular complexity index is 856. The van der Waals surface area contributed by atoms with Crippen LogP contribution in [0.15, 0.2) is 54.7 Å². The van der Waals surface area contributed by atoms with Crippen molar-refractivity contribution < 1.29 is 4.79 Å². The Balaban J connectivity index is 0.00000182. The smallest absolute Gasteiger partial charge is 0.255 e. The van der Waals surface area contributed by atoms with Gasteiger partial charge in [-0.3, -0.25) is 9.48 Å². The van der Waals surface area contributed by atoms with E-state index >= 15 is 0 Å². The van der Waals surface area contributed by atoms with Crippen molar-refractivity contribution in [2.45, 2.75) is 18.9 Å². The molecule has 0 aliphatic carbocycles. The zero-order valence-corrected chi connectivity index (χ0v) is 14.6. The molecule has 25 heavy (non-hydrogen) atoms. The summed E-state index contributed by atoms with van der Waals surface area (Å²) in [4.78, 5) is 12.4. The van der Waals surface area contributed by atoms with E-state index in [0.29, 0.717) is 11.6 Å². The maximum atomic E-state index is 12.4. The van der Waals surface area contributed by atoms with E-state index in [1.54, 1.807) is 0 Å². The van der Waals surface area contributed by atoms with Crippen LogP contribution in [0.4, 0.5) is 5.69 Å². The molecular formula is C19H21ClN4O. The first-order chi connectivity index (χ1) is 11.8. The van der Waals surface area contributed by atoms with E-state index < -0.39 is 0 Å². The standard InChI is InChI=1S/C19H20N4O.ClH/c24-19(14-5-2-1-3-6-14)22-17-7-4-8-18-16(17)13-21-23(18)15-9-11-20-12-10-15;/h1-8,13,15,20H,9-12H2,(H,22,24);1H. The van der Waals surface area contributed by atoms with Gasteiger partial charge in [-0.05, 0) is 50.2 Å². The molecule has 2 aromatic carbocycles. The summed E-state index contributed by atoms with van der Waals surface area (Å²) in [5, 5.41) is 12.0. The number of piperidine rings is 1. The van der Waals surface area contributed by atoms with Gasteiger partial charge >= 0.3 is 0 Å². The highest BCUT2D eigenvalue weighted by atomic mass is 35.5. The molecule has 1 aliphatic heterocycles. The second kappa shape index (κ2) is 7.68. The molecule has 2 N–H and O–H groups in total. The number of anilines is 1. The minimum absolute atomic E-state index is 0. The molecule has 4 rings (SSSR count). The lowest BCUT2D eigenvalue weighted by molar-refractivity contribution is 0.102. The molecule has 6 heteroatoms. The fourth-order valence-electron chi connectivity index (χ4n) is 3.31. The first-order valence-electron chi connectivity index (χ1n) is 8.36. The number of benzene rings is 2. The van der Waals surface area contributed by atoms with Gasteiger partial charge in [-0.1, -0.05) is 24.3 Å². The second-order valence-electron chi connectivity index (χ2n) is 6.13. The molecule has 0 bridgehead atoms. The molecule has 1 aliphatic rings. The van der Waals surface area contributed by atoms with E-state index in [1.807, 2.05) is 48.7 Å². The van der Waals surface area contributed by atoms with Crippen molar-refractivity contribution in [3.8, 4) is 0 Å². The van der Waals surface area contributed by atoms with Crippen LogP contribution in [0.2, 0.25) is 0 Å². The van der Waals surface area contributed by atoms with Crippen LogP contribution in [0, 0.1) is 0 Å². The number of nitrogens with one attached hydrogen (secondary N) is 2. The molecule has 1 saturated heterocycles. The summed E-state index contributed by atoms with van der Waals surface area (Å²) in [5.41, 5.74) is 2.54. The average Bonchev–Trinajstić information content (AvgIpc) is 3.08. The summed E-state index contributed by atoms with van der Waals surface area (Å²) in [6, 6.07) is 15.7. The number of aromatic nitrogens is 2. The van der Waals surface area contributed by atoms with Gasteiger partial charge in [0.2, 0.25) is 0 Å². The van der Waals surface area contributed by atoms with Gasteiger partial charge in [-0.2, -0.15) is 5.10 Å².